The zero-order chi connectivity index (χ0) is 23.4. The molecule has 2 aliphatic heterocycles. The number of para-hydroxylation sites is 2. The van der Waals surface area contributed by atoms with Crippen LogP contribution < -0.4 is 14.8 Å². The molecule has 12 heteroatoms. The van der Waals surface area contributed by atoms with Crippen molar-refractivity contribution in [1.82, 2.24) is 4.31 Å². The third-order valence-electron chi connectivity index (χ3n) is 4.92. The summed E-state index contributed by atoms with van der Waals surface area (Å²) >= 11 is 6.12. The monoisotopic (exact) mass is 496 g/mol. The lowest BCUT2D eigenvalue weighted by molar-refractivity contribution is -0.156. The molecule has 0 radical (unpaired) electrons. The van der Waals surface area contributed by atoms with E-state index in [0.717, 1.165) is 0 Å². The molecule has 1 saturated heterocycles. The zero-order valence-corrected chi connectivity index (χ0v) is 18.9. The fourth-order valence-corrected chi connectivity index (χ4v) is 5.18. The van der Waals surface area contributed by atoms with Crippen LogP contribution in [0, 0.1) is 0 Å². The first kappa shape index (κ1) is 23.3. The van der Waals surface area contributed by atoms with Gasteiger partial charge in [0.1, 0.15) is 11.5 Å². The Bertz CT molecular complexity index is 1150. The number of amides is 1. The van der Waals surface area contributed by atoms with Crippen LogP contribution in [-0.4, -0.2) is 70.2 Å². The Hall–Kier alpha value is -2.86. The van der Waals surface area contributed by atoms with Gasteiger partial charge in [0.05, 0.1) is 18.2 Å². The van der Waals surface area contributed by atoms with Crippen LogP contribution in [-0.2, 0) is 29.1 Å². The molecule has 1 N–H and O–H groups in total. The molecule has 2 aromatic carbocycles. The van der Waals surface area contributed by atoms with Crippen molar-refractivity contribution in [2.75, 3.05) is 44.8 Å². The number of anilines is 1. The number of ether oxygens (including phenoxy) is 4. The molecule has 2 aromatic rings. The minimum atomic E-state index is -3.86. The van der Waals surface area contributed by atoms with E-state index in [9.17, 15) is 18.0 Å². The molecule has 0 spiro atoms. The van der Waals surface area contributed by atoms with E-state index in [2.05, 4.69) is 5.32 Å². The van der Waals surface area contributed by atoms with Crippen molar-refractivity contribution in [3.8, 4) is 11.5 Å². The lowest BCUT2D eigenvalue weighted by Crippen LogP contribution is -2.40. The summed E-state index contributed by atoms with van der Waals surface area (Å²) in [6, 6.07) is 11.0. The molecule has 2 aliphatic rings. The number of rotatable bonds is 6. The predicted octanol–water partition coefficient (Wildman–Crippen LogP) is 1.68. The molecule has 33 heavy (non-hydrogen) atoms. The van der Waals surface area contributed by atoms with Crippen molar-refractivity contribution in [2.45, 2.75) is 11.0 Å². The van der Waals surface area contributed by atoms with Gasteiger partial charge in [-0.2, -0.15) is 4.31 Å². The Labute approximate surface area is 195 Å². The average Bonchev–Trinajstić information content (AvgIpc) is 2.84. The number of carbonyl (C=O) groups is 2. The minimum absolute atomic E-state index is 0.0284. The van der Waals surface area contributed by atoms with Gasteiger partial charge in [0.25, 0.3) is 5.91 Å². The highest BCUT2D eigenvalue weighted by atomic mass is 35.5. The van der Waals surface area contributed by atoms with Crippen LogP contribution in [0.3, 0.4) is 0 Å². The van der Waals surface area contributed by atoms with Crippen LogP contribution in [0.25, 0.3) is 0 Å². The fraction of sp³-hybridized carbons (Fsp3) is 0.333. The SMILES string of the molecule is O=C(COC(=O)[C@H]1COc2ccccc2O1)Nc1ccc(Cl)c(S(=O)(=O)N2CCOCC2)c1. The van der Waals surface area contributed by atoms with E-state index in [0.29, 0.717) is 24.7 Å². The average molecular weight is 497 g/mol. The van der Waals surface area contributed by atoms with Crippen LogP contribution in [0.5, 0.6) is 11.5 Å². The maximum atomic E-state index is 12.9. The number of esters is 1. The second-order valence-corrected chi connectivity index (χ2v) is 9.50. The molecule has 0 unspecified atom stereocenters. The summed E-state index contributed by atoms with van der Waals surface area (Å²) in [6.07, 6.45) is -1.01. The molecule has 1 amide bonds. The van der Waals surface area contributed by atoms with Crippen LogP contribution in [0.2, 0.25) is 5.02 Å². The molecule has 2 heterocycles. The first-order valence-corrected chi connectivity index (χ1v) is 11.9. The number of benzene rings is 2. The van der Waals surface area contributed by atoms with Gasteiger partial charge in [-0.3, -0.25) is 4.79 Å². The van der Waals surface area contributed by atoms with Gasteiger partial charge in [-0.1, -0.05) is 23.7 Å². The third kappa shape index (κ3) is 5.38. The van der Waals surface area contributed by atoms with Gasteiger partial charge in [0.15, 0.2) is 18.1 Å². The van der Waals surface area contributed by atoms with Crippen molar-refractivity contribution in [3.63, 3.8) is 0 Å². The summed E-state index contributed by atoms with van der Waals surface area (Å²) in [5.41, 5.74) is 0.193. The number of nitrogens with zero attached hydrogens (tertiary/aromatic N) is 1. The number of carbonyl (C=O) groups excluding carboxylic acids is 2. The first-order valence-electron chi connectivity index (χ1n) is 10.1. The topological polar surface area (TPSA) is 120 Å². The second-order valence-electron chi connectivity index (χ2n) is 7.18. The molecule has 0 bridgehead atoms. The minimum Gasteiger partial charge on any atom is -0.485 e. The maximum absolute atomic E-state index is 12.9. The van der Waals surface area contributed by atoms with Crippen molar-refractivity contribution >= 4 is 39.2 Å². The largest absolute Gasteiger partial charge is 0.485 e. The summed E-state index contributed by atoms with van der Waals surface area (Å²) in [5, 5.41) is 2.53. The van der Waals surface area contributed by atoms with E-state index < -0.39 is 34.6 Å². The normalized spacial score (nSPS) is 18.4. The third-order valence-corrected chi connectivity index (χ3v) is 7.30. The number of morpholine rings is 1. The maximum Gasteiger partial charge on any atom is 0.351 e. The van der Waals surface area contributed by atoms with E-state index >= 15 is 0 Å². The quantitative estimate of drug-likeness (QED) is 0.600. The molecule has 0 aliphatic carbocycles. The van der Waals surface area contributed by atoms with Gasteiger partial charge < -0.3 is 24.3 Å². The highest BCUT2D eigenvalue weighted by molar-refractivity contribution is 7.89. The van der Waals surface area contributed by atoms with Gasteiger partial charge >= 0.3 is 5.97 Å². The first-order chi connectivity index (χ1) is 15.8. The molecule has 1 atom stereocenters. The Morgan fingerprint density at radius 3 is 2.61 bits per heavy atom. The summed E-state index contributed by atoms with van der Waals surface area (Å²) < 4.78 is 48.3. The van der Waals surface area contributed by atoms with Crippen LogP contribution in [0.4, 0.5) is 5.69 Å². The van der Waals surface area contributed by atoms with Crippen molar-refractivity contribution in [2.24, 2.45) is 0 Å². The molecular weight excluding hydrogens is 476 g/mol. The van der Waals surface area contributed by atoms with Crippen molar-refractivity contribution in [1.29, 1.82) is 0 Å². The van der Waals surface area contributed by atoms with Crippen molar-refractivity contribution < 1.29 is 37.0 Å². The lowest BCUT2D eigenvalue weighted by atomic mass is 10.2. The Kier molecular flexibility index (Phi) is 7.03. The van der Waals surface area contributed by atoms with Crippen LogP contribution in [0.1, 0.15) is 0 Å². The van der Waals surface area contributed by atoms with E-state index in [-0.39, 0.29) is 35.3 Å². The molecule has 4 rings (SSSR count). The fourth-order valence-electron chi connectivity index (χ4n) is 3.27. The summed E-state index contributed by atoms with van der Waals surface area (Å²) in [7, 11) is -3.86. The smallest absolute Gasteiger partial charge is 0.351 e. The molecular formula is C21H21ClN2O8S. The summed E-state index contributed by atoms with van der Waals surface area (Å²) in [4.78, 5) is 24.4. The summed E-state index contributed by atoms with van der Waals surface area (Å²) in [5.74, 6) is -0.487. The van der Waals surface area contributed by atoms with Crippen LogP contribution in [0.15, 0.2) is 47.4 Å². The Morgan fingerprint density at radius 1 is 1.12 bits per heavy atom. The number of sulfonamides is 1. The van der Waals surface area contributed by atoms with E-state index in [1.807, 2.05) is 0 Å². The Balaban J connectivity index is 1.35. The van der Waals surface area contributed by atoms with Gasteiger partial charge in [0, 0.05) is 18.8 Å². The highest BCUT2D eigenvalue weighted by Crippen LogP contribution is 2.31. The molecule has 176 valence electrons. The lowest BCUT2D eigenvalue weighted by Gasteiger charge is -2.26. The van der Waals surface area contributed by atoms with Gasteiger partial charge in [0.2, 0.25) is 16.1 Å². The molecule has 0 aromatic heterocycles. The molecule has 1 fully saturated rings. The second kappa shape index (κ2) is 9.96. The zero-order valence-electron chi connectivity index (χ0n) is 17.4. The van der Waals surface area contributed by atoms with Gasteiger partial charge in [-0.05, 0) is 30.3 Å². The van der Waals surface area contributed by atoms with E-state index in [4.69, 9.17) is 30.5 Å². The molecule has 0 saturated carbocycles. The van der Waals surface area contributed by atoms with Crippen LogP contribution >= 0.6 is 11.6 Å². The number of halogens is 1. The standard InChI is InChI=1S/C21H21ClN2O8S/c22-15-6-5-14(11-19(15)33(27,28)24-7-9-29-10-8-24)23-20(25)13-31-21(26)18-12-30-16-3-1-2-4-17(16)32-18/h1-6,11,18H,7-10,12-13H2,(H,23,25)/t18-/m1/s1. The van der Waals surface area contributed by atoms with E-state index in [1.54, 1.807) is 24.3 Å². The van der Waals surface area contributed by atoms with Gasteiger partial charge in [-0.25, -0.2) is 13.2 Å². The number of hydrogen-bond donors (Lipinski definition) is 1. The number of nitrogens with one attached hydrogen (secondary N) is 1. The molecule has 10 nitrogen and oxygen atoms in total. The Morgan fingerprint density at radius 2 is 1.85 bits per heavy atom. The highest BCUT2D eigenvalue weighted by Gasteiger charge is 2.30. The number of hydrogen-bond acceptors (Lipinski definition) is 8. The predicted molar refractivity (Wildman–Crippen MR) is 117 cm³/mol. The van der Waals surface area contributed by atoms with Gasteiger partial charge in [-0.15, -0.1) is 0 Å². The number of fused-ring (bicyclic) bond motifs is 1. The van der Waals surface area contributed by atoms with E-state index in [1.165, 1.54) is 22.5 Å². The summed E-state index contributed by atoms with van der Waals surface area (Å²) in [6.45, 7) is 0.372. The van der Waals surface area contributed by atoms with Crippen molar-refractivity contribution in [3.05, 3.63) is 47.5 Å².